The van der Waals surface area contributed by atoms with Gasteiger partial charge in [-0.1, -0.05) is 18.1 Å². The molecule has 0 saturated heterocycles. The highest BCUT2D eigenvalue weighted by molar-refractivity contribution is 14.0. The molecule has 0 saturated carbocycles. The van der Waals surface area contributed by atoms with E-state index in [4.69, 9.17) is 16.0 Å². The molecule has 0 aliphatic rings. The van der Waals surface area contributed by atoms with Crippen LogP contribution in [0, 0.1) is 12.3 Å². The molecule has 0 aliphatic carbocycles. The number of nitrogens with zero attached hydrogens (tertiary/aromatic N) is 1. The Kier molecular flexibility index (Phi) is 9.18. The maximum Gasteiger partial charge on any atom is 0.238 e. The molecule has 1 aromatic heterocycles. The van der Waals surface area contributed by atoms with Gasteiger partial charge in [0.1, 0.15) is 5.76 Å². The Bertz CT molecular complexity index is 841. The van der Waals surface area contributed by atoms with Crippen molar-refractivity contribution in [2.24, 2.45) is 10.1 Å². The smallest absolute Gasteiger partial charge is 0.238 e. The van der Waals surface area contributed by atoms with Crippen LogP contribution in [0.25, 0.3) is 0 Å². The van der Waals surface area contributed by atoms with Crippen molar-refractivity contribution in [1.82, 2.24) is 10.6 Å². The summed E-state index contributed by atoms with van der Waals surface area (Å²) in [6.07, 6.45) is 7.61. The van der Waals surface area contributed by atoms with Crippen LogP contribution >= 0.6 is 24.0 Å². The van der Waals surface area contributed by atoms with Crippen LogP contribution in [0.15, 0.2) is 57.0 Å². The Hall–Kier alpha value is -2.03. The Balaban J connectivity index is 0.00000338. The van der Waals surface area contributed by atoms with E-state index in [-0.39, 0.29) is 28.9 Å². The van der Waals surface area contributed by atoms with Crippen molar-refractivity contribution in [2.45, 2.75) is 17.9 Å². The van der Waals surface area contributed by atoms with Crippen LogP contribution in [0.5, 0.6) is 0 Å². The maximum atomic E-state index is 11.2. The molecule has 7 nitrogen and oxygen atoms in total. The third kappa shape index (κ3) is 7.47. The Morgan fingerprint density at radius 1 is 1.23 bits per heavy atom. The average Bonchev–Trinajstić information content (AvgIpc) is 3.10. The van der Waals surface area contributed by atoms with Crippen molar-refractivity contribution in [2.75, 3.05) is 13.1 Å². The molecule has 0 radical (unpaired) electrons. The zero-order chi connectivity index (χ0) is 18.1. The minimum atomic E-state index is -3.69. The number of hydrogen-bond donors (Lipinski definition) is 3. The minimum Gasteiger partial charge on any atom is -0.469 e. The van der Waals surface area contributed by atoms with Crippen molar-refractivity contribution in [3.8, 4) is 12.3 Å². The first-order chi connectivity index (χ1) is 12.0. The van der Waals surface area contributed by atoms with E-state index in [1.54, 1.807) is 18.4 Å². The number of hydrogen-bond acceptors (Lipinski definition) is 4. The molecular weight excluding hydrogens is 467 g/mol. The molecule has 0 spiro atoms. The number of terminal acetylenes is 1. The summed E-state index contributed by atoms with van der Waals surface area (Å²) in [6.45, 7) is 1.34. The highest BCUT2D eigenvalue weighted by atomic mass is 127. The van der Waals surface area contributed by atoms with Crippen molar-refractivity contribution in [1.29, 1.82) is 0 Å². The zero-order valence-corrected chi connectivity index (χ0v) is 17.2. The summed E-state index contributed by atoms with van der Waals surface area (Å²) < 4.78 is 27.8. The van der Waals surface area contributed by atoms with Crippen molar-refractivity contribution in [3.63, 3.8) is 0 Å². The fourth-order valence-corrected chi connectivity index (χ4v) is 2.54. The standard InChI is InChI=1S/C17H20N4O3S.HI/c1-2-10-19-17(20-11-9-15-4-3-12-24-15)21-13-14-5-7-16(8-6-14)25(18,22)23;/h1,3-8,12H,9-11,13H2,(H2,18,22,23)(H2,19,20,21);1H. The molecule has 0 atom stereocenters. The molecule has 0 bridgehead atoms. The van der Waals surface area contributed by atoms with E-state index in [1.807, 2.05) is 12.1 Å². The SMILES string of the molecule is C#CCNC(=NCc1ccc(S(N)(=O)=O)cc1)NCCc1ccco1.I. The van der Waals surface area contributed by atoms with E-state index >= 15 is 0 Å². The van der Waals surface area contributed by atoms with Gasteiger partial charge in [-0.3, -0.25) is 0 Å². The molecule has 0 fully saturated rings. The van der Waals surface area contributed by atoms with Gasteiger partial charge in [-0.05, 0) is 29.8 Å². The van der Waals surface area contributed by atoms with Crippen LogP contribution in [0.2, 0.25) is 0 Å². The monoisotopic (exact) mass is 488 g/mol. The molecule has 2 rings (SSSR count). The molecule has 1 heterocycles. The summed E-state index contributed by atoms with van der Waals surface area (Å²) >= 11 is 0. The number of halogens is 1. The predicted molar refractivity (Wildman–Crippen MR) is 112 cm³/mol. The minimum absolute atomic E-state index is 0. The number of aliphatic imine (C=N–C) groups is 1. The van der Waals surface area contributed by atoms with E-state index in [0.29, 0.717) is 32.0 Å². The van der Waals surface area contributed by atoms with Gasteiger partial charge in [0.15, 0.2) is 5.96 Å². The Morgan fingerprint density at radius 3 is 2.54 bits per heavy atom. The van der Waals surface area contributed by atoms with E-state index < -0.39 is 10.0 Å². The first-order valence-electron chi connectivity index (χ1n) is 7.59. The molecule has 0 unspecified atom stereocenters. The number of benzene rings is 1. The fourth-order valence-electron chi connectivity index (χ4n) is 2.02. The second kappa shape index (κ2) is 10.8. The van der Waals surface area contributed by atoms with Crippen molar-refractivity contribution < 1.29 is 12.8 Å². The normalized spacial score (nSPS) is 11.3. The van der Waals surface area contributed by atoms with Crippen LogP contribution in [0.3, 0.4) is 0 Å². The molecule has 26 heavy (non-hydrogen) atoms. The summed E-state index contributed by atoms with van der Waals surface area (Å²) in [5, 5.41) is 11.3. The molecule has 1 aromatic carbocycles. The van der Waals surface area contributed by atoms with Gasteiger partial charge in [0.25, 0.3) is 0 Å². The van der Waals surface area contributed by atoms with Gasteiger partial charge in [-0.2, -0.15) is 0 Å². The van der Waals surface area contributed by atoms with E-state index in [1.165, 1.54) is 12.1 Å². The van der Waals surface area contributed by atoms with E-state index in [0.717, 1.165) is 11.3 Å². The number of furan rings is 1. The van der Waals surface area contributed by atoms with Crippen LogP contribution in [0.4, 0.5) is 0 Å². The highest BCUT2D eigenvalue weighted by Crippen LogP contribution is 2.09. The lowest BCUT2D eigenvalue weighted by atomic mass is 10.2. The quantitative estimate of drug-likeness (QED) is 0.237. The summed E-state index contributed by atoms with van der Waals surface area (Å²) in [5.41, 5.74) is 0.847. The van der Waals surface area contributed by atoms with Gasteiger partial charge in [0.2, 0.25) is 10.0 Å². The lowest BCUT2D eigenvalue weighted by Gasteiger charge is -2.10. The lowest BCUT2D eigenvalue weighted by molar-refractivity contribution is 0.507. The van der Waals surface area contributed by atoms with Crippen LogP contribution in [-0.4, -0.2) is 27.5 Å². The van der Waals surface area contributed by atoms with Crippen LogP contribution < -0.4 is 15.8 Å². The number of guanidine groups is 1. The van der Waals surface area contributed by atoms with Gasteiger partial charge in [0.05, 0.1) is 24.2 Å². The molecule has 0 amide bonds. The van der Waals surface area contributed by atoms with Gasteiger partial charge in [-0.15, -0.1) is 30.4 Å². The Morgan fingerprint density at radius 2 is 1.96 bits per heavy atom. The largest absolute Gasteiger partial charge is 0.469 e. The van der Waals surface area contributed by atoms with Crippen LogP contribution in [0.1, 0.15) is 11.3 Å². The van der Waals surface area contributed by atoms with E-state index in [2.05, 4.69) is 21.5 Å². The number of sulfonamides is 1. The number of rotatable bonds is 7. The van der Waals surface area contributed by atoms with Gasteiger partial charge in [-0.25, -0.2) is 18.5 Å². The number of primary sulfonamides is 1. The van der Waals surface area contributed by atoms with Gasteiger partial charge >= 0.3 is 0 Å². The molecule has 9 heteroatoms. The van der Waals surface area contributed by atoms with Gasteiger partial charge < -0.3 is 15.1 Å². The average molecular weight is 488 g/mol. The number of nitrogens with two attached hydrogens (primary N) is 1. The molecule has 140 valence electrons. The predicted octanol–water partition coefficient (Wildman–Crippen LogP) is 1.46. The van der Waals surface area contributed by atoms with Crippen LogP contribution in [-0.2, 0) is 23.0 Å². The van der Waals surface area contributed by atoms with Crippen molar-refractivity contribution in [3.05, 3.63) is 54.0 Å². The first kappa shape index (κ1) is 22.0. The fraction of sp³-hybridized carbons (Fsp3) is 0.235. The second-order valence-corrected chi connectivity index (χ2v) is 6.73. The zero-order valence-electron chi connectivity index (χ0n) is 14.0. The summed E-state index contributed by atoms with van der Waals surface area (Å²) in [6, 6.07) is 10.0. The van der Waals surface area contributed by atoms with Gasteiger partial charge in [0, 0.05) is 13.0 Å². The Labute approximate surface area is 170 Å². The number of nitrogens with one attached hydrogen (secondary N) is 2. The molecular formula is C17H21IN4O3S. The molecule has 4 N–H and O–H groups in total. The first-order valence-corrected chi connectivity index (χ1v) is 9.13. The summed E-state index contributed by atoms with van der Waals surface area (Å²) in [7, 11) is -3.69. The lowest BCUT2D eigenvalue weighted by Crippen LogP contribution is -2.38. The summed E-state index contributed by atoms with van der Waals surface area (Å²) in [5.74, 6) is 3.94. The van der Waals surface area contributed by atoms with E-state index in [9.17, 15) is 8.42 Å². The summed E-state index contributed by atoms with van der Waals surface area (Å²) in [4.78, 5) is 4.50. The maximum absolute atomic E-state index is 11.2. The van der Waals surface area contributed by atoms with Crippen molar-refractivity contribution >= 4 is 40.0 Å². The molecule has 2 aromatic rings. The third-order valence-corrected chi connectivity index (χ3v) is 4.20. The third-order valence-electron chi connectivity index (χ3n) is 3.27. The molecule has 0 aliphatic heterocycles. The topological polar surface area (TPSA) is 110 Å². The second-order valence-electron chi connectivity index (χ2n) is 5.17. The highest BCUT2D eigenvalue weighted by Gasteiger charge is 2.06.